The predicted octanol–water partition coefficient (Wildman–Crippen LogP) is 0.113. The zero-order valence-corrected chi connectivity index (χ0v) is 11.8. The van der Waals surface area contributed by atoms with Crippen molar-refractivity contribution in [1.29, 1.82) is 0 Å². The van der Waals surface area contributed by atoms with Crippen molar-refractivity contribution in [3.05, 3.63) is 29.4 Å². The van der Waals surface area contributed by atoms with Gasteiger partial charge < -0.3 is 10.3 Å². The zero-order valence-electron chi connectivity index (χ0n) is 10.3. The molecular weight excluding hydrogens is 304 g/mol. The lowest BCUT2D eigenvalue weighted by atomic mass is 10.4. The molecule has 0 aliphatic carbocycles. The number of nitrogen functional groups attached to an aromatic ring is 1. The maximum atomic E-state index is 12.5. The Hall–Kier alpha value is -1.71. The van der Waals surface area contributed by atoms with Crippen LogP contribution >= 0.6 is 11.6 Å². The van der Waals surface area contributed by atoms with Crippen molar-refractivity contribution < 1.29 is 8.42 Å². The molecule has 0 fully saturated rings. The van der Waals surface area contributed by atoms with Gasteiger partial charge in [0.25, 0.3) is 0 Å². The first-order valence-electron chi connectivity index (χ1n) is 5.76. The Balaban J connectivity index is 1.95. The van der Waals surface area contributed by atoms with Crippen molar-refractivity contribution in [3.63, 3.8) is 0 Å². The second kappa shape index (κ2) is 4.69. The lowest BCUT2D eigenvalue weighted by Crippen LogP contribution is -2.38. The molecule has 0 saturated carbocycles. The topological polar surface area (TPSA) is 107 Å². The summed E-state index contributed by atoms with van der Waals surface area (Å²) in [5.41, 5.74) is 5.49. The predicted molar refractivity (Wildman–Crippen MR) is 71.3 cm³/mol. The van der Waals surface area contributed by atoms with E-state index in [1.54, 1.807) is 6.33 Å². The van der Waals surface area contributed by atoms with Crippen LogP contribution in [0.15, 0.2) is 23.5 Å². The third-order valence-electron chi connectivity index (χ3n) is 3.09. The molecule has 0 atom stereocenters. The number of nitrogens with zero attached hydrogens (tertiary/aromatic N) is 5. The van der Waals surface area contributed by atoms with Gasteiger partial charge in [-0.15, -0.1) is 10.2 Å². The van der Waals surface area contributed by atoms with Crippen LogP contribution in [0.1, 0.15) is 5.82 Å². The summed E-state index contributed by atoms with van der Waals surface area (Å²) in [6, 6.07) is 1.30. The smallest absolute Gasteiger partial charge is 0.245 e. The minimum atomic E-state index is -3.67. The van der Waals surface area contributed by atoms with Crippen LogP contribution in [0.3, 0.4) is 0 Å². The minimum absolute atomic E-state index is 0.0182. The van der Waals surface area contributed by atoms with E-state index in [0.29, 0.717) is 18.9 Å². The van der Waals surface area contributed by atoms with Crippen LogP contribution in [0.25, 0.3) is 0 Å². The number of nitrogens with two attached hydrogens (primary N) is 1. The highest BCUT2D eigenvalue weighted by Gasteiger charge is 2.29. The van der Waals surface area contributed by atoms with Gasteiger partial charge in [0, 0.05) is 19.3 Å². The second-order valence-electron chi connectivity index (χ2n) is 4.32. The summed E-state index contributed by atoms with van der Waals surface area (Å²) < 4.78 is 28.2. The molecule has 0 saturated heterocycles. The molecule has 0 radical (unpaired) electrons. The molecule has 0 unspecified atom stereocenters. The molecule has 20 heavy (non-hydrogen) atoms. The number of fused-ring (bicyclic) bond motifs is 1. The number of hydrogen-bond donors (Lipinski definition) is 1. The number of aromatic nitrogens is 4. The van der Waals surface area contributed by atoms with Crippen molar-refractivity contribution >= 4 is 27.4 Å². The normalized spacial score (nSPS) is 16.1. The summed E-state index contributed by atoms with van der Waals surface area (Å²) in [4.78, 5) is 3.80. The Bertz CT molecular complexity index is 759. The molecule has 2 aromatic heterocycles. The van der Waals surface area contributed by atoms with Gasteiger partial charge in [-0.05, 0) is 6.07 Å². The molecule has 10 heteroatoms. The van der Waals surface area contributed by atoms with Crippen molar-refractivity contribution in [2.45, 2.75) is 18.0 Å². The Morgan fingerprint density at radius 1 is 1.35 bits per heavy atom. The second-order valence-corrected chi connectivity index (χ2v) is 6.66. The number of anilines is 1. The van der Waals surface area contributed by atoms with Crippen LogP contribution in [-0.2, 0) is 23.1 Å². The highest BCUT2D eigenvalue weighted by molar-refractivity contribution is 7.89. The molecule has 106 valence electrons. The molecule has 3 heterocycles. The average molecular weight is 315 g/mol. The van der Waals surface area contributed by atoms with Crippen LogP contribution in [-0.4, -0.2) is 39.0 Å². The van der Waals surface area contributed by atoms with Gasteiger partial charge in [-0.3, -0.25) is 0 Å². The summed E-state index contributed by atoms with van der Waals surface area (Å²) in [6.07, 6.45) is 2.79. The van der Waals surface area contributed by atoms with Crippen LogP contribution in [0.2, 0.25) is 5.02 Å². The molecule has 3 rings (SSSR count). The van der Waals surface area contributed by atoms with Gasteiger partial charge in [0.05, 0.1) is 11.6 Å². The molecule has 2 aromatic rings. The van der Waals surface area contributed by atoms with Crippen molar-refractivity contribution in [2.24, 2.45) is 0 Å². The molecule has 1 aliphatic heterocycles. The van der Waals surface area contributed by atoms with E-state index < -0.39 is 10.0 Å². The van der Waals surface area contributed by atoms with Crippen LogP contribution in [0.5, 0.6) is 0 Å². The fourth-order valence-electron chi connectivity index (χ4n) is 1.97. The van der Waals surface area contributed by atoms with E-state index in [1.165, 1.54) is 16.6 Å². The highest BCUT2D eigenvalue weighted by Crippen LogP contribution is 2.24. The Labute approximate surface area is 120 Å². The summed E-state index contributed by atoms with van der Waals surface area (Å²) in [5, 5.41) is 7.77. The number of halogens is 1. The molecule has 1 aliphatic rings. The quantitative estimate of drug-likeness (QED) is 0.843. The van der Waals surface area contributed by atoms with Gasteiger partial charge in [-0.2, -0.15) is 4.31 Å². The largest absolute Gasteiger partial charge is 0.382 e. The van der Waals surface area contributed by atoms with E-state index in [-0.39, 0.29) is 22.3 Å². The zero-order chi connectivity index (χ0) is 14.3. The standard InChI is InChI=1S/C10H11ClN6O2S/c11-8-3-7(4-13-10(8)12)20(18,19)17-2-1-16-6-14-15-9(16)5-17/h3-4,6H,1-2,5H2,(H2,12,13). The number of pyridine rings is 1. The Kier molecular flexibility index (Phi) is 3.11. The van der Waals surface area contributed by atoms with Gasteiger partial charge in [0.2, 0.25) is 10.0 Å². The highest BCUT2D eigenvalue weighted by atomic mass is 35.5. The lowest BCUT2D eigenvalue weighted by Gasteiger charge is -2.26. The molecular formula is C10H11ClN6O2S. The first-order valence-corrected chi connectivity index (χ1v) is 7.58. The van der Waals surface area contributed by atoms with E-state index in [4.69, 9.17) is 17.3 Å². The molecule has 0 bridgehead atoms. The third-order valence-corrected chi connectivity index (χ3v) is 5.20. The maximum absolute atomic E-state index is 12.5. The van der Waals surface area contributed by atoms with Crippen LogP contribution < -0.4 is 5.73 Å². The Morgan fingerprint density at radius 2 is 2.15 bits per heavy atom. The van der Waals surface area contributed by atoms with E-state index in [1.807, 2.05) is 4.57 Å². The fraction of sp³-hybridized carbons (Fsp3) is 0.300. The van der Waals surface area contributed by atoms with E-state index in [9.17, 15) is 8.42 Å². The Morgan fingerprint density at radius 3 is 2.90 bits per heavy atom. The van der Waals surface area contributed by atoms with E-state index >= 15 is 0 Å². The first-order chi connectivity index (χ1) is 9.48. The lowest BCUT2D eigenvalue weighted by molar-refractivity contribution is 0.335. The number of rotatable bonds is 2. The van der Waals surface area contributed by atoms with Crippen LogP contribution in [0.4, 0.5) is 5.82 Å². The summed E-state index contributed by atoms with van der Waals surface area (Å²) in [7, 11) is -3.67. The van der Waals surface area contributed by atoms with Gasteiger partial charge >= 0.3 is 0 Å². The van der Waals surface area contributed by atoms with E-state index in [2.05, 4.69) is 15.2 Å². The SMILES string of the molecule is Nc1ncc(S(=O)(=O)N2CCn3cnnc3C2)cc1Cl. The average Bonchev–Trinajstić information content (AvgIpc) is 2.89. The van der Waals surface area contributed by atoms with E-state index in [0.717, 1.165) is 0 Å². The minimum Gasteiger partial charge on any atom is -0.382 e. The number of sulfonamides is 1. The fourth-order valence-corrected chi connectivity index (χ4v) is 3.56. The van der Waals surface area contributed by atoms with Gasteiger partial charge in [-0.25, -0.2) is 13.4 Å². The van der Waals surface area contributed by atoms with Gasteiger partial charge in [0.15, 0.2) is 0 Å². The summed E-state index contributed by atoms with van der Waals surface area (Å²) in [6.45, 7) is 1.03. The summed E-state index contributed by atoms with van der Waals surface area (Å²) >= 11 is 5.83. The molecule has 0 spiro atoms. The molecule has 0 aromatic carbocycles. The molecule has 0 amide bonds. The van der Waals surface area contributed by atoms with Crippen molar-refractivity contribution in [3.8, 4) is 0 Å². The maximum Gasteiger partial charge on any atom is 0.245 e. The third kappa shape index (κ3) is 2.13. The molecule has 2 N–H and O–H groups in total. The van der Waals surface area contributed by atoms with Crippen molar-refractivity contribution in [1.82, 2.24) is 24.1 Å². The molecule has 8 nitrogen and oxygen atoms in total. The monoisotopic (exact) mass is 314 g/mol. The number of hydrogen-bond acceptors (Lipinski definition) is 6. The summed E-state index contributed by atoms with van der Waals surface area (Å²) in [5.74, 6) is 0.707. The first kappa shape index (κ1) is 13.3. The van der Waals surface area contributed by atoms with Gasteiger partial charge in [0.1, 0.15) is 22.9 Å². The van der Waals surface area contributed by atoms with Gasteiger partial charge in [-0.1, -0.05) is 11.6 Å². The van der Waals surface area contributed by atoms with Crippen LogP contribution in [0, 0.1) is 0 Å². The van der Waals surface area contributed by atoms with Crippen molar-refractivity contribution in [2.75, 3.05) is 12.3 Å².